The Balaban J connectivity index is 0.00000420. The third-order valence-corrected chi connectivity index (χ3v) is 4.70. The summed E-state index contributed by atoms with van der Waals surface area (Å²) < 4.78 is 11.3. The van der Waals surface area contributed by atoms with E-state index in [9.17, 15) is 0 Å². The smallest absolute Gasteiger partial charge is 0.191 e. The van der Waals surface area contributed by atoms with Crippen LogP contribution in [0, 0.1) is 0 Å². The van der Waals surface area contributed by atoms with Gasteiger partial charge in [0.2, 0.25) is 0 Å². The molecule has 2 rings (SSSR count). The fourth-order valence-corrected chi connectivity index (χ4v) is 2.98. The summed E-state index contributed by atoms with van der Waals surface area (Å²) in [7, 11) is 4.09. The SMILES string of the molecule is CCNC(=NCc1cccc(OCCN(C)C)c1)NCC(C)N1CCOCC1.I. The fraction of sp³-hybridized carbons (Fsp3) is 0.667. The van der Waals surface area contributed by atoms with Gasteiger partial charge in [0, 0.05) is 38.8 Å². The zero-order chi connectivity index (χ0) is 20.2. The Labute approximate surface area is 193 Å². The number of rotatable bonds is 10. The number of hydrogen-bond donors (Lipinski definition) is 2. The van der Waals surface area contributed by atoms with E-state index in [2.05, 4.69) is 46.4 Å². The van der Waals surface area contributed by atoms with E-state index >= 15 is 0 Å². The van der Waals surface area contributed by atoms with Gasteiger partial charge in [0.1, 0.15) is 12.4 Å². The molecule has 0 saturated carbocycles. The van der Waals surface area contributed by atoms with E-state index in [1.165, 1.54) is 0 Å². The molecule has 0 aliphatic carbocycles. The largest absolute Gasteiger partial charge is 0.492 e. The Morgan fingerprint density at radius 1 is 1.28 bits per heavy atom. The van der Waals surface area contributed by atoms with Gasteiger partial charge >= 0.3 is 0 Å². The van der Waals surface area contributed by atoms with E-state index in [4.69, 9.17) is 14.5 Å². The molecule has 1 aromatic carbocycles. The van der Waals surface area contributed by atoms with Crippen LogP contribution in [-0.4, -0.2) is 88.4 Å². The van der Waals surface area contributed by atoms with Crippen molar-refractivity contribution in [2.24, 2.45) is 4.99 Å². The summed E-state index contributed by atoms with van der Waals surface area (Å²) in [5.41, 5.74) is 1.14. The van der Waals surface area contributed by atoms with Crippen LogP contribution in [-0.2, 0) is 11.3 Å². The third kappa shape index (κ3) is 10.5. The standard InChI is InChI=1S/C21H37N5O2.HI/c1-5-22-21(23-16-18(2)26-10-12-27-13-11-26)24-17-19-7-6-8-20(15-19)28-14-9-25(3)4;/h6-8,15,18H,5,9-14,16-17H2,1-4H3,(H2,22,23,24);1H. The Morgan fingerprint density at radius 3 is 2.72 bits per heavy atom. The van der Waals surface area contributed by atoms with Crippen molar-refractivity contribution in [1.82, 2.24) is 20.4 Å². The summed E-state index contributed by atoms with van der Waals surface area (Å²) in [6.07, 6.45) is 0. The van der Waals surface area contributed by atoms with Gasteiger partial charge in [-0.15, -0.1) is 24.0 Å². The monoisotopic (exact) mass is 519 g/mol. The second kappa shape index (κ2) is 14.8. The molecule has 8 heteroatoms. The van der Waals surface area contributed by atoms with E-state index < -0.39 is 0 Å². The molecule has 0 radical (unpaired) electrons. The van der Waals surface area contributed by atoms with Crippen LogP contribution in [0.15, 0.2) is 29.3 Å². The molecule has 29 heavy (non-hydrogen) atoms. The van der Waals surface area contributed by atoms with Crippen LogP contribution in [0.2, 0.25) is 0 Å². The highest BCUT2D eigenvalue weighted by atomic mass is 127. The zero-order valence-electron chi connectivity index (χ0n) is 18.3. The molecule has 0 bridgehead atoms. The third-order valence-electron chi connectivity index (χ3n) is 4.70. The van der Waals surface area contributed by atoms with Crippen LogP contribution in [0.5, 0.6) is 5.75 Å². The van der Waals surface area contributed by atoms with Crippen LogP contribution in [0.1, 0.15) is 19.4 Å². The molecule has 0 amide bonds. The van der Waals surface area contributed by atoms with Gasteiger partial charge in [0.25, 0.3) is 0 Å². The van der Waals surface area contributed by atoms with Crippen molar-refractivity contribution in [1.29, 1.82) is 0 Å². The van der Waals surface area contributed by atoms with Crippen LogP contribution in [0.4, 0.5) is 0 Å². The molecule has 1 saturated heterocycles. The van der Waals surface area contributed by atoms with E-state index in [1.54, 1.807) is 0 Å². The highest BCUT2D eigenvalue weighted by molar-refractivity contribution is 14.0. The van der Waals surface area contributed by atoms with Crippen molar-refractivity contribution in [2.45, 2.75) is 26.4 Å². The van der Waals surface area contributed by atoms with E-state index in [1.807, 2.05) is 26.2 Å². The molecular weight excluding hydrogens is 481 g/mol. The van der Waals surface area contributed by atoms with E-state index in [0.717, 1.165) is 63.2 Å². The maximum atomic E-state index is 5.82. The Morgan fingerprint density at radius 2 is 2.03 bits per heavy atom. The summed E-state index contributed by atoms with van der Waals surface area (Å²) in [6, 6.07) is 8.62. The Hall–Kier alpha value is -1.10. The molecule has 1 fully saturated rings. The minimum Gasteiger partial charge on any atom is -0.492 e. The summed E-state index contributed by atoms with van der Waals surface area (Å²) in [6.45, 7) is 11.9. The molecular formula is C21H38IN5O2. The lowest BCUT2D eigenvalue weighted by Gasteiger charge is -2.32. The molecule has 166 valence electrons. The summed E-state index contributed by atoms with van der Waals surface area (Å²) in [4.78, 5) is 9.30. The number of likely N-dealkylation sites (N-methyl/N-ethyl adjacent to an activating group) is 1. The molecule has 1 atom stereocenters. The average Bonchev–Trinajstić information content (AvgIpc) is 2.70. The van der Waals surface area contributed by atoms with Gasteiger partial charge in [-0.2, -0.15) is 0 Å². The number of aliphatic imine (C=N–C) groups is 1. The predicted octanol–water partition coefficient (Wildman–Crippen LogP) is 2.02. The predicted molar refractivity (Wildman–Crippen MR) is 131 cm³/mol. The highest BCUT2D eigenvalue weighted by Crippen LogP contribution is 2.14. The van der Waals surface area contributed by atoms with Gasteiger partial charge in [0.05, 0.1) is 19.8 Å². The quantitative estimate of drug-likeness (QED) is 0.280. The minimum absolute atomic E-state index is 0. The van der Waals surface area contributed by atoms with Gasteiger partial charge in [-0.3, -0.25) is 4.90 Å². The van der Waals surface area contributed by atoms with Crippen LogP contribution >= 0.6 is 24.0 Å². The molecule has 1 aromatic rings. The number of hydrogen-bond acceptors (Lipinski definition) is 5. The van der Waals surface area contributed by atoms with Crippen LogP contribution < -0.4 is 15.4 Å². The Kier molecular flexibility index (Phi) is 13.2. The fourth-order valence-electron chi connectivity index (χ4n) is 2.98. The lowest BCUT2D eigenvalue weighted by atomic mass is 10.2. The summed E-state index contributed by atoms with van der Waals surface area (Å²) in [5, 5.41) is 6.80. The normalized spacial score (nSPS) is 16.2. The van der Waals surface area contributed by atoms with Crippen molar-refractivity contribution in [3.8, 4) is 5.75 Å². The van der Waals surface area contributed by atoms with Crippen LogP contribution in [0.25, 0.3) is 0 Å². The lowest BCUT2D eigenvalue weighted by molar-refractivity contribution is 0.0211. The second-order valence-corrected chi connectivity index (χ2v) is 7.37. The number of nitrogens with one attached hydrogen (secondary N) is 2. The van der Waals surface area contributed by atoms with E-state index in [0.29, 0.717) is 19.2 Å². The zero-order valence-corrected chi connectivity index (χ0v) is 20.6. The first-order valence-corrected chi connectivity index (χ1v) is 10.3. The van der Waals surface area contributed by atoms with E-state index in [-0.39, 0.29) is 24.0 Å². The molecule has 1 aliphatic heterocycles. The number of guanidine groups is 1. The van der Waals surface area contributed by atoms with Gasteiger partial charge in [-0.1, -0.05) is 12.1 Å². The number of nitrogens with zero attached hydrogens (tertiary/aromatic N) is 3. The molecule has 1 heterocycles. The minimum atomic E-state index is 0. The molecule has 1 aliphatic rings. The topological polar surface area (TPSA) is 61.4 Å². The Bertz CT molecular complexity index is 594. The van der Waals surface area contributed by atoms with Crippen molar-refractivity contribution < 1.29 is 9.47 Å². The van der Waals surface area contributed by atoms with Gasteiger partial charge in [-0.05, 0) is 45.6 Å². The number of halogens is 1. The van der Waals surface area contributed by atoms with Gasteiger partial charge in [0.15, 0.2) is 5.96 Å². The lowest BCUT2D eigenvalue weighted by Crippen LogP contribution is -2.49. The average molecular weight is 519 g/mol. The van der Waals surface area contributed by atoms with Gasteiger partial charge in [-0.25, -0.2) is 4.99 Å². The number of benzene rings is 1. The summed E-state index contributed by atoms with van der Waals surface area (Å²) in [5.74, 6) is 1.75. The molecule has 7 nitrogen and oxygen atoms in total. The number of morpholine rings is 1. The molecule has 2 N–H and O–H groups in total. The van der Waals surface area contributed by atoms with Crippen molar-refractivity contribution in [2.75, 3.05) is 66.6 Å². The van der Waals surface area contributed by atoms with Crippen LogP contribution in [0.3, 0.4) is 0 Å². The van der Waals surface area contributed by atoms with Crippen molar-refractivity contribution in [3.05, 3.63) is 29.8 Å². The number of ether oxygens (including phenoxy) is 2. The first-order chi connectivity index (χ1) is 13.6. The molecule has 0 spiro atoms. The maximum absolute atomic E-state index is 5.82. The first kappa shape index (κ1) is 25.9. The second-order valence-electron chi connectivity index (χ2n) is 7.37. The first-order valence-electron chi connectivity index (χ1n) is 10.3. The van der Waals surface area contributed by atoms with Crippen molar-refractivity contribution >= 4 is 29.9 Å². The molecule has 0 aromatic heterocycles. The summed E-state index contributed by atoms with van der Waals surface area (Å²) >= 11 is 0. The van der Waals surface area contributed by atoms with Gasteiger partial charge < -0.3 is 25.0 Å². The maximum Gasteiger partial charge on any atom is 0.191 e. The highest BCUT2D eigenvalue weighted by Gasteiger charge is 2.16. The van der Waals surface area contributed by atoms with Crippen molar-refractivity contribution in [3.63, 3.8) is 0 Å². The molecule has 1 unspecified atom stereocenters.